The van der Waals surface area contributed by atoms with E-state index in [1.54, 1.807) is 0 Å². The predicted octanol–water partition coefficient (Wildman–Crippen LogP) is 4.08. The first-order valence-corrected chi connectivity index (χ1v) is 9.44. The molecule has 1 atom stereocenters. The number of benzene rings is 1. The second kappa shape index (κ2) is 6.76. The van der Waals surface area contributed by atoms with Gasteiger partial charge in [-0.05, 0) is 26.0 Å². The van der Waals surface area contributed by atoms with E-state index in [0.717, 1.165) is 29.9 Å². The van der Waals surface area contributed by atoms with Gasteiger partial charge in [0.25, 0.3) is 5.89 Å². The summed E-state index contributed by atoms with van der Waals surface area (Å²) in [5, 5.41) is 12.8. The number of hydrogen-bond donors (Lipinski definition) is 0. The summed E-state index contributed by atoms with van der Waals surface area (Å²) in [6.45, 7) is 6.60. The topological polar surface area (TPSA) is 73.1 Å². The minimum atomic E-state index is 0.302. The Kier molecular flexibility index (Phi) is 4.09. The van der Waals surface area contributed by atoms with E-state index in [1.807, 2.05) is 37.3 Å². The fourth-order valence-corrected chi connectivity index (χ4v) is 3.85. The van der Waals surface area contributed by atoms with E-state index in [4.69, 9.17) is 8.94 Å². The van der Waals surface area contributed by atoms with Crippen molar-refractivity contribution in [2.45, 2.75) is 33.0 Å². The lowest BCUT2D eigenvalue weighted by molar-refractivity contribution is 0.147. The van der Waals surface area contributed by atoms with Gasteiger partial charge in [0.05, 0.1) is 6.54 Å². The quantitative estimate of drug-likeness (QED) is 0.535. The van der Waals surface area contributed by atoms with Gasteiger partial charge in [0.15, 0.2) is 0 Å². The van der Waals surface area contributed by atoms with Gasteiger partial charge >= 0.3 is 0 Å². The van der Waals surface area contributed by atoms with Crippen LogP contribution in [-0.2, 0) is 13.1 Å². The van der Waals surface area contributed by atoms with Crippen molar-refractivity contribution in [1.82, 2.24) is 24.8 Å². The highest BCUT2D eigenvalue weighted by Crippen LogP contribution is 2.34. The first-order valence-electron chi connectivity index (χ1n) is 9.44. The van der Waals surface area contributed by atoms with Gasteiger partial charge in [-0.2, -0.15) is 0 Å². The highest BCUT2D eigenvalue weighted by atomic mass is 16.5. The molecule has 0 saturated carbocycles. The molecule has 5 rings (SSSR count). The van der Waals surface area contributed by atoms with Gasteiger partial charge in [-0.3, -0.25) is 4.90 Å². The van der Waals surface area contributed by atoms with Gasteiger partial charge in [-0.1, -0.05) is 35.5 Å². The van der Waals surface area contributed by atoms with E-state index < -0.39 is 0 Å². The summed E-state index contributed by atoms with van der Waals surface area (Å²) in [5.74, 6) is 1.71. The van der Waals surface area contributed by atoms with E-state index in [-0.39, 0.29) is 0 Å². The Morgan fingerprint density at radius 2 is 1.93 bits per heavy atom. The fourth-order valence-electron chi connectivity index (χ4n) is 3.85. The smallest absolute Gasteiger partial charge is 0.253 e. The first kappa shape index (κ1) is 16.9. The Bertz CT molecular complexity index is 1100. The summed E-state index contributed by atoms with van der Waals surface area (Å²) in [7, 11) is 0. The molecular weight excluding hydrogens is 354 g/mol. The molecule has 1 aliphatic rings. The molecule has 0 unspecified atom stereocenters. The SMILES string of the molecule is Cc1onc(-c2ccccc2)c1-c1nnc(CN2CCn3cccc3[C@@H]2C)o1. The predicted molar refractivity (Wildman–Crippen MR) is 103 cm³/mol. The normalized spacial score (nSPS) is 17.0. The van der Waals surface area contributed by atoms with Crippen LogP contribution in [0.15, 0.2) is 57.6 Å². The summed E-state index contributed by atoms with van der Waals surface area (Å²) in [5.41, 5.74) is 3.75. The molecule has 0 radical (unpaired) electrons. The van der Waals surface area contributed by atoms with Crippen LogP contribution < -0.4 is 0 Å². The maximum absolute atomic E-state index is 6.02. The summed E-state index contributed by atoms with van der Waals surface area (Å²) < 4.78 is 13.7. The molecule has 3 aromatic heterocycles. The molecule has 7 heteroatoms. The third-order valence-corrected chi connectivity index (χ3v) is 5.40. The lowest BCUT2D eigenvalue weighted by Crippen LogP contribution is -2.35. The van der Waals surface area contributed by atoms with Crippen molar-refractivity contribution in [2.24, 2.45) is 0 Å². The molecular formula is C21H21N5O2. The van der Waals surface area contributed by atoms with E-state index in [1.165, 1.54) is 5.69 Å². The molecule has 0 fully saturated rings. The number of nitrogens with zero attached hydrogens (tertiary/aromatic N) is 5. The molecule has 0 bridgehead atoms. The van der Waals surface area contributed by atoms with Crippen LogP contribution in [0.2, 0.25) is 0 Å². The highest BCUT2D eigenvalue weighted by Gasteiger charge is 2.26. The number of rotatable bonds is 4. The van der Waals surface area contributed by atoms with Crippen molar-refractivity contribution >= 4 is 0 Å². The zero-order chi connectivity index (χ0) is 19.1. The Labute approximate surface area is 162 Å². The highest BCUT2D eigenvalue weighted by molar-refractivity contribution is 5.77. The number of aromatic nitrogens is 4. The first-order chi connectivity index (χ1) is 13.7. The average Bonchev–Trinajstić information content (AvgIpc) is 3.44. The number of hydrogen-bond acceptors (Lipinski definition) is 6. The minimum absolute atomic E-state index is 0.302. The molecule has 1 aliphatic heterocycles. The molecule has 4 heterocycles. The average molecular weight is 375 g/mol. The standard InChI is InChI=1S/C21H21N5O2/c1-14-17-9-6-10-25(17)11-12-26(14)13-18-22-23-21(27-18)19-15(2)28-24-20(19)16-7-4-3-5-8-16/h3-10,14H,11-13H2,1-2H3/t14-/m0/s1. The molecule has 7 nitrogen and oxygen atoms in total. The third-order valence-electron chi connectivity index (χ3n) is 5.40. The van der Waals surface area contributed by atoms with E-state index in [9.17, 15) is 0 Å². The zero-order valence-electron chi connectivity index (χ0n) is 15.9. The monoisotopic (exact) mass is 375 g/mol. The molecule has 28 heavy (non-hydrogen) atoms. The van der Waals surface area contributed by atoms with Gasteiger partial charge in [-0.25, -0.2) is 0 Å². The van der Waals surface area contributed by atoms with Crippen molar-refractivity contribution < 1.29 is 8.94 Å². The second-order valence-electron chi connectivity index (χ2n) is 7.10. The third kappa shape index (κ3) is 2.84. The Morgan fingerprint density at radius 3 is 2.79 bits per heavy atom. The number of aryl methyl sites for hydroxylation is 1. The van der Waals surface area contributed by atoms with Crippen LogP contribution in [0.5, 0.6) is 0 Å². The van der Waals surface area contributed by atoms with Crippen molar-refractivity contribution in [3.8, 4) is 22.7 Å². The van der Waals surface area contributed by atoms with Crippen LogP contribution in [-0.4, -0.2) is 31.4 Å². The van der Waals surface area contributed by atoms with Crippen molar-refractivity contribution in [3.05, 3.63) is 66.0 Å². The summed E-state index contributed by atoms with van der Waals surface area (Å²) in [6, 6.07) is 14.5. The fraction of sp³-hybridized carbons (Fsp3) is 0.286. The molecule has 0 saturated heterocycles. The molecule has 0 spiro atoms. The molecule has 142 valence electrons. The van der Waals surface area contributed by atoms with Crippen LogP contribution in [0.4, 0.5) is 0 Å². The largest absolute Gasteiger partial charge is 0.419 e. The van der Waals surface area contributed by atoms with E-state index in [0.29, 0.717) is 30.1 Å². The maximum atomic E-state index is 6.02. The second-order valence-corrected chi connectivity index (χ2v) is 7.10. The van der Waals surface area contributed by atoms with Crippen LogP contribution in [0.25, 0.3) is 22.7 Å². The zero-order valence-corrected chi connectivity index (χ0v) is 15.9. The van der Waals surface area contributed by atoms with Crippen molar-refractivity contribution in [2.75, 3.05) is 6.54 Å². The number of fused-ring (bicyclic) bond motifs is 1. The lowest BCUT2D eigenvalue weighted by Gasteiger charge is -2.33. The minimum Gasteiger partial charge on any atom is -0.419 e. The summed E-state index contributed by atoms with van der Waals surface area (Å²) in [6.07, 6.45) is 2.13. The molecule has 0 amide bonds. The molecule has 4 aromatic rings. The van der Waals surface area contributed by atoms with Crippen LogP contribution >= 0.6 is 0 Å². The summed E-state index contributed by atoms with van der Waals surface area (Å²) >= 11 is 0. The Hall–Kier alpha value is -3.19. The Balaban J connectivity index is 1.42. The van der Waals surface area contributed by atoms with Crippen molar-refractivity contribution in [1.29, 1.82) is 0 Å². The molecule has 1 aromatic carbocycles. The van der Waals surface area contributed by atoms with Gasteiger partial charge in [0, 0.05) is 36.6 Å². The van der Waals surface area contributed by atoms with Crippen LogP contribution in [0.1, 0.15) is 30.3 Å². The lowest BCUT2D eigenvalue weighted by atomic mass is 10.1. The van der Waals surface area contributed by atoms with E-state index >= 15 is 0 Å². The molecule has 0 N–H and O–H groups in total. The molecule has 0 aliphatic carbocycles. The van der Waals surface area contributed by atoms with Gasteiger partial charge in [0.2, 0.25) is 5.89 Å². The van der Waals surface area contributed by atoms with Gasteiger partial charge < -0.3 is 13.5 Å². The Morgan fingerprint density at radius 1 is 1.07 bits per heavy atom. The summed E-state index contributed by atoms with van der Waals surface area (Å²) in [4.78, 5) is 2.35. The maximum Gasteiger partial charge on any atom is 0.253 e. The van der Waals surface area contributed by atoms with Crippen LogP contribution in [0.3, 0.4) is 0 Å². The van der Waals surface area contributed by atoms with Gasteiger partial charge in [-0.15, -0.1) is 10.2 Å². The van der Waals surface area contributed by atoms with Gasteiger partial charge in [0.1, 0.15) is 17.0 Å². The van der Waals surface area contributed by atoms with Crippen LogP contribution in [0, 0.1) is 6.92 Å². The van der Waals surface area contributed by atoms with Crippen molar-refractivity contribution in [3.63, 3.8) is 0 Å². The van der Waals surface area contributed by atoms with E-state index in [2.05, 4.69) is 50.1 Å².